The van der Waals surface area contributed by atoms with E-state index in [9.17, 15) is 0 Å². The summed E-state index contributed by atoms with van der Waals surface area (Å²) in [6, 6.07) is 18.1. The fourth-order valence-corrected chi connectivity index (χ4v) is 2.48. The van der Waals surface area contributed by atoms with Gasteiger partial charge in [-0.15, -0.1) is 0 Å². The average Bonchev–Trinajstić information content (AvgIpc) is 2.51. The zero-order valence-corrected chi connectivity index (χ0v) is 13.6. The maximum atomic E-state index is 4.57. The molecule has 23 heavy (non-hydrogen) atoms. The number of hydrogen-bond donors (Lipinski definition) is 2. The third-order valence-corrected chi connectivity index (χ3v) is 3.62. The molecule has 0 aliphatic carbocycles. The summed E-state index contributed by atoms with van der Waals surface area (Å²) in [6.45, 7) is 6.15. The van der Waals surface area contributed by atoms with Gasteiger partial charge in [0.2, 0.25) is 5.95 Å². The summed E-state index contributed by atoms with van der Waals surface area (Å²) in [6.07, 6.45) is 0. The molecule has 0 amide bonds. The maximum absolute atomic E-state index is 4.57. The first-order chi connectivity index (χ1) is 11.1. The van der Waals surface area contributed by atoms with E-state index in [4.69, 9.17) is 0 Å². The standard InChI is InChI=1S/C19H20N4/c1-13-8-7-9-14(2)18(13)22-17-12-15(3)20-19(23-17)21-16-10-5-4-6-11-16/h4-12H,1-3H3,(H2,20,21,22,23). The summed E-state index contributed by atoms with van der Waals surface area (Å²) < 4.78 is 0. The average molecular weight is 304 g/mol. The van der Waals surface area contributed by atoms with Crippen LogP contribution >= 0.6 is 0 Å². The molecule has 4 nitrogen and oxygen atoms in total. The van der Waals surface area contributed by atoms with Crippen LogP contribution in [-0.2, 0) is 0 Å². The number of nitrogens with one attached hydrogen (secondary N) is 2. The van der Waals surface area contributed by atoms with Gasteiger partial charge in [-0.25, -0.2) is 4.98 Å². The Balaban J connectivity index is 1.89. The van der Waals surface area contributed by atoms with Gasteiger partial charge in [-0.3, -0.25) is 0 Å². The van der Waals surface area contributed by atoms with Crippen LogP contribution in [0.5, 0.6) is 0 Å². The van der Waals surface area contributed by atoms with E-state index in [-0.39, 0.29) is 0 Å². The lowest BCUT2D eigenvalue weighted by Crippen LogP contribution is -2.03. The Morgan fingerprint density at radius 3 is 2.13 bits per heavy atom. The first-order valence-electron chi connectivity index (χ1n) is 7.63. The Hall–Kier alpha value is -2.88. The van der Waals surface area contributed by atoms with Crippen molar-refractivity contribution in [2.45, 2.75) is 20.8 Å². The molecule has 0 radical (unpaired) electrons. The molecule has 0 fully saturated rings. The van der Waals surface area contributed by atoms with Crippen LogP contribution in [0.25, 0.3) is 0 Å². The molecule has 0 unspecified atom stereocenters. The zero-order valence-electron chi connectivity index (χ0n) is 13.6. The van der Waals surface area contributed by atoms with Crippen LogP contribution in [0.1, 0.15) is 16.8 Å². The quantitative estimate of drug-likeness (QED) is 0.720. The highest BCUT2D eigenvalue weighted by atomic mass is 15.1. The minimum Gasteiger partial charge on any atom is -0.340 e. The van der Waals surface area contributed by atoms with E-state index in [0.717, 1.165) is 22.9 Å². The van der Waals surface area contributed by atoms with Crippen LogP contribution < -0.4 is 10.6 Å². The predicted molar refractivity (Wildman–Crippen MR) is 95.7 cm³/mol. The first-order valence-corrected chi connectivity index (χ1v) is 7.63. The molecular weight excluding hydrogens is 284 g/mol. The number of para-hydroxylation sites is 2. The van der Waals surface area contributed by atoms with E-state index in [0.29, 0.717) is 5.95 Å². The van der Waals surface area contributed by atoms with E-state index in [1.807, 2.05) is 43.3 Å². The largest absolute Gasteiger partial charge is 0.340 e. The fraction of sp³-hybridized carbons (Fsp3) is 0.158. The zero-order chi connectivity index (χ0) is 16.2. The van der Waals surface area contributed by atoms with E-state index >= 15 is 0 Å². The Morgan fingerprint density at radius 1 is 0.739 bits per heavy atom. The third-order valence-electron chi connectivity index (χ3n) is 3.62. The Labute approximate surface area is 136 Å². The molecule has 116 valence electrons. The SMILES string of the molecule is Cc1cc(Nc2c(C)cccc2C)nc(Nc2ccccc2)n1. The van der Waals surface area contributed by atoms with Crippen molar-refractivity contribution in [2.75, 3.05) is 10.6 Å². The topological polar surface area (TPSA) is 49.8 Å². The molecular formula is C19H20N4. The molecule has 3 rings (SSSR count). The highest BCUT2D eigenvalue weighted by molar-refractivity contribution is 5.65. The van der Waals surface area contributed by atoms with Crippen LogP contribution in [-0.4, -0.2) is 9.97 Å². The van der Waals surface area contributed by atoms with Crippen molar-refractivity contribution in [3.05, 3.63) is 71.4 Å². The maximum Gasteiger partial charge on any atom is 0.229 e. The lowest BCUT2D eigenvalue weighted by molar-refractivity contribution is 1.10. The predicted octanol–water partition coefficient (Wildman–Crippen LogP) is 4.89. The van der Waals surface area contributed by atoms with Gasteiger partial charge >= 0.3 is 0 Å². The number of benzene rings is 2. The molecule has 2 N–H and O–H groups in total. The van der Waals surface area contributed by atoms with Gasteiger partial charge in [0.15, 0.2) is 0 Å². The number of nitrogens with zero attached hydrogens (tertiary/aromatic N) is 2. The van der Waals surface area contributed by atoms with Gasteiger partial charge in [0.1, 0.15) is 5.82 Å². The van der Waals surface area contributed by atoms with Crippen molar-refractivity contribution in [2.24, 2.45) is 0 Å². The second-order valence-corrected chi connectivity index (χ2v) is 5.60. The number of aromatic nitrogens is 2. The molecule has 1 heterocycles. The van der Waals surface area contributed by atoms with Crippen molar-refractivity contribution < 1.29 is 0 Å². The van der Waals surface area contributed by atoms with Crippen molar-refractivity contribution in [3.8, 4) is 0 Å². The second-order valence-electron chi connectivity index (χ2n) is 5.60. The summed E-state index contributed by atoms with van der Waals surface area (Å²) in [5.41, 5.74) is 5.36. The monoisotopic (exact) mass is 304 g/mol. The van der Waals surface area contributed by atoms with Crippen LogP contribution in [0.15, 0.2) is 54.6 Å². The normalized spacial score (nSPS) is 10.4. The van der Waals surface area contributed by atoms with Crippen molar-refractivity contribution >= 4 is 23.1 Å². The Kier molecular flexibility index (Phi) is 4.24. The van der Waals surface area contributed by atoms with E-state index in [1.54, 1.807) is 0 Å². The molecule has 0 aliphatic rings. The summed E-state index contributed by atoms with van der Waals surface area (Å²) >= 11 is 0. The van der Waals surface area contributed by atoms with Crippen molar-refractivity contribution in [1.82, 2.24) is 9.97 Å². The van der Waals surface area contributed by atoms with Crippen LogP contribution in [0, 0.1) is 20.8 Å². The smallest absolute Gasteiger partial charge is 0.229 e. The molecule has 0 saturated heterocycles. The summed E-state index contributed by atoms with van der Waals surface area (Å²) in [5, 5.41) is 6.65. The fourth-order valence-electron chi connectivity index (χ4n) is 2.48. The van der Waals surface area contributed by atoms with Crippen molar-refractivity contribution in [3.63, 3.8) is 0 Å². The van der Waals surface area contributed by atoms with E-state index in [1.165, 1.54) is 11.1 Å². The minimum atomic E-state index is 0.588. The minimum absolute atomic E-state index is 0.588. The van der Waals surface area contributed by atoms with Crippen LogP contribution in [0.3, 0.4) is 0 Å². The number of anilines is 4. The molecule has 0 spiro atoms. The molecule has 0 saturated carbocycles. The molecule has 3 aromatic rings. The van der Waals surface area contributed by atoms with Gasteiger partial charge in [-0.05, 0) is 44.0 Å². The van der Waals surface area contributed by atoms with E-state index < -0.39 is 0 Å². The summed E-state index contributed by atoms with van der Waals surface area (Å²) in [5.74, 6) is 1.37. The van der Waals surface area contributed by atoms with Gasteiger partial charge < -0.3 is 10.6 Å². The van der Waals surface area contributed by atoms with Gasteiger partial charge in [-0.2, -0.15) is 4.98 Å². The molecule has 0 aliphatic heterocycles. The molecule has 0 bridgehead atoms. The number of hydrogen-bond acceptors (Lipinski definition) is 4. The van der Waals surface area contributed by atoms with Gasteiger partial charge in [0.05, 0.1) is 0 Å². The van der Waals surface area contributed by atoms with Gasteiger partial charge in [-0.1, -0.05) is 36.4 Å². The van der Waals surface area contributed by atoms with Crippen LogP contribution in [0.4, 0.5) is 23.1 Å². The second kappa shape index (κ2) is 6.48. The highest BCUT2D eigenvalue weighted by Gasteiger charge is 2.06. The molecule has 4 heteroatoms. The third kappa shape index (κ3) is 3.66. The highest BCUT2D eigenvalue weighted by Crippen LogP contribution is 2.24. The van der Waals surface area contributed by atoms with E-state index in [2.05, 4.69) is 52.6 Å². The van der Waals surface area contributed by atoms with Crippen LogP contribution in [0.2, 0.25) is 0 Å². The lowest BCUT2D eigenvalue weighted by Gasteiger charge is -2.13. The molecule has 1 aromatic heterocycles. The summed E-state index contributed by atoms with van der Waals surface area (Å²) in [4.78, 5) is 9.03. The van der Waals surface area contributed by atoms with Gasteiger partial charge in [0.25, 0.3) is 0 Å². The van der Waals surface area contributed by atoms with Gasteiger partial charge in [0, 0.05) is 23.1 Å². The Morgan fingerprint density at radius 2 is 1.43 bits per heavy atom. The molecule has 2 aromatic carbocycles. The Bertz CT molecular complexity index is 793. The summed E-state index contributed by atoms with van der Waals surface area (Å²) in [7, 11) is 0. The molecule has 0 atom stereocenters. The lowest BCUT2D eigenvalue weighted by atomic mass is 10.1. The van der Waals surface area contributed by atoms with Crippen molar-refractivity contribution in [1.29, 1.82) is 0 Å². The first kappa shape index (κ1) is 15.0. The number of aryl methyl sites for hydroxylation is 3. The number of rotatable bonds is 4.